The van der Waals surface area contributed by atoms with Crippen molar-refractivity contribution >= 4 is 46.1 Å². The standard InChI is InChI=1S/2C13H12F.C6H5.CH3.2ClH.H2Si.Zr/c2*1-9-6-10(2)13(7-9)11-4-3-5-12(14)8-11;1-2-4-6-5-3-1;;;;;/h2*3-5,7-9H,1-2H3;1-5H;1H3;2*1H;1H2;. The fourth-order valence-corrected chi connectivity index (χ4v) is 32.8. The van der Waals surface area contributed by atoms with E-state index in [1.807, 2.05) is 12.1 Å². The van der Waals surface area contributed by atoms with E-state index in [1.165, 1.54) is 26.6 Å². The summed E-state index contributed by atoms with van der Waals surface area (Å²) < 4.78 is 35.5. The normalized spacial score (nSPS) is 19.4. The van der Waals surface area contributed by atoms with Gasteiger partial charge >= 0.3 is 223 Å². The third-order valence-electron chi connectivity index (χ3n) is 8.64. The summed E-state index contributed by atoms with van der Waals surface area (Å²) in [5.74, 6) is 0.0814. The van der Waals surface area contributed by atoms with Crippen molar-refractivity contribution < 1.29 is 26.2 Å². The molecule has 2 atom stereocenters. The van der Waals surface area contributed by atoms with Gasteiger partial charge in [0.15, 0.2) is 0 Å². The average molecular weight is 661 g/mol. The smallest absolute Gasteiger partial charge is 0.147 e. The summed E-state index contributed by atoms with van der Waals surface area (Å²) in [5, 5.41) is 0. The zero-order valence-electron chi connectivity index (χ0n) is 23.1. The number of hydrogen-bond donors (Lipinski definition) is 0. The van der Waals surface area contributed by atoms with Crippen LogP contribution in [0.1, 0.15) is 38.8 Å². The second kappa shape index (κ2) is 11.6. The molecule has 0 N–H and O–H groups in total. The molecule has 3 aromatic rings. The van der Waals surface area contributed by atoms with E-state index >= 15 is 0 Å². The molecule has 0 aromatic heterocycles. The molecular weight excluding hydrogens is 625 g/mol. The molecule has 39 heavy (non-hydrogen) atoms. The second-order valence-electron chi connectivity index (χ2n) is 11.2. The Hall–Kier alpha value is -1.84. The Morgan fingerprint density at radius 2 is 1.05 bits per heavy atom. The van der Waals surface area contributed by atoms with Crippen molar-refractivity contribution in [3.8, 4) is 0 Å². The summed E-state index contributed by atoms with van der Waals surface area (Å²) >= 11 is -4.15. The topological polar surface area (TPSA) is 0 Å². The van der Waals surface area contributed by atoms with E-state index < -0.39 is 17.4 Å². The molecular formula is C33H36Cl2F2SiZr. The molecule has 0 saturated heterocycles. The van der Waals surface area contributed by atoms with Gasteiger partial charge in [0.2, 0.25) is 0 Å². The molecule has 2 aliphatic rings. The van der Waals surface area contributed by atoms with Crippen molar-refractivity contribution in [2.75, 3.05) is 0 Å². The first-order valence-corrected chi connectivity index (χ1v) is 25.1. The molecule has 0 spiro atoms. The molecule has 0 radical (unpaired) electrons. The number of rotatable bonds is 5. The molecule has 5 rings (SSSR count). The summed E-state index contributed by atoms with van der Waals surface area (Å²) in [5.41, 5.74) is 6.75. The molecule has 2 unspecified atom stereocenters. The van der Waals surface area contributed by atoms with Gasteiger partial charge in [0, 0.05) is 0 Å². The van der Waals surface area contributed by atoms with Crippen LogP contribution in [-0.2, 0) is 17.4 Å². The molecule has 0 saturated carbocycles. The van der Waals surface area contributed by atoms with Gasteiger partial charge in [0.1, 0.15) is 0 Å². The zero-order chi connectivity index (χ0) is 26.6. The Morgan fingerprint density at radius 1 is 0.641 bits per heavy atom. The van der Waals surface area contributed by atoms with Gasteiger partial charge < -0.3 is 0 Å². The molecule has 6 heteroatoms. The van der Waals surface area contributed by atoms with Crippen molar-refractivity contribution in [2.24, 2.45) is 11.8 Å². The average Bonchev–Trinajstić information content (AvgIpc) is 3.35. The first-order chi connectivity index (χ1) is 17.5. The number of halogens is 4. The molecule has 204 valence electrons. The third kappa shape index (κ3) is 5.19. The van der Waals surface area contributed by atoms with Gasteiger partial charge in [-0.1, -0.05) is 0 Å². The van der Waals surface area contributed by atoms with Crippen LogP contribution >= 0.6 is 24.8 Å². The monoisotopic (exact) mass is 658 g/mol. The Bertz CT molecular complexity index is 1520. The molecule has 3 aromatic carbocycles. The van der Waals surface area contributed by atoms with Crippen LogP contribution in [0, 0.1) is 23.5 Å². The second-order valence-corrected chi connectivity index (χ2v) is 35.6. The third-order valence-corrected chi connectivity index (χ3v) is 31.5. The fraction of sp³-hybridized carbons (Fsp3) is 0.212. The SMILES string of the molecule is CC1=[C]([Zr]([CH3])(=[SiH2])([C]2=C(C)C(c3cccc(F)c3)=CC2C)[c]2ccccc2)C(C)C=C1c1cccc(F)c1.Cl.Cl. The van der Waals surface area contributed by atoms with Crippen LogP contribution in [0.2, 0.25) is 4.63 Å². The predicted molar refractivity (Wildman–Crippen MR) is 167 cm³/mol. The summed E-state index contributed by atoms with van der Waals surface area (Å²) in [7, 11) is 0. The van der Waals surface area contributed by atoms with Crippen LogP contribution in [0.15, 0.2) is 109 Å². The zero-order valence-corrected chi connectivity index (χ0v) is 28.6. The minimum atomic E-state index is -4.15. The molecule has 2 aliphatic carbocycles. The molecule has 0 nitrogen and oxygen atoms in total. The van der Waals surface area contributed by atoms with Gasteiger partial charge in [-0.05, 0) is 0 Å². The van der Waals surface area contributed by atoms with Gasteiger partial charge in [0.05, 0.1) is 0 Å². The molecule has 0 amide bonds. The fourth-order valence-electron chi connectivity index (χ4n) is 7.42. The van der Waals surface area contributed by atoms with E-state index in [1.54, 1.807) is 30.8 Å². The van der Waals surface area contributed by atoms with Gasteiger partial charge in [0.25, 0.3) is 0 Å². The van der Waals surface area contributed by atoms with E-state index in [0.717, 1.165) is 22.3 Å². The van der Waals surface area contributed by atoms with Gasteiger partial charge in [-0.15, -0.1) is 24.8 Å². The van der Waals surface area contributed by atoms with E-state index in [-0.39, 0.29) is 48.3 Å². The van der Waals surface area contributed by atoms with E-state index in [9.17, 15) is 8.78 Å². The maximum absolute atomic E-state index is 14.2. The van der Waals surface area contributed by atoms with Crippen LogP contribution in [0.5, 0.6) is 0 Å². The summed E-state index contributed by atoms with van der Waals surface area (Å²) in [4.78, 5) is 0. The maximum Gasteiger partial charge on any atom is -0.147 e. The summed E-state index contributed by atoms with van der Waals surface area (Å²) in [6.07, 6.45) is 4.67. The molecule has 0 aliphatic heterocycles. The van der Waals surface area contributed by atoms with Crippen LogP contribution in [0.4, 0.5) is 8.78 Å². The van der Waals surface area contributed by atoms with E-state index in [0.29, 0.717) is 0 Å². The van der Waals surface area contributed by atoms with Crippen LogP contribution < -0.4 is 3.27 Å². The molecule has 0 heterocycles. The van der Waals surface area contributed by atoms with Crippen molar-refractivity contribution in [3.05, 3.63) is 131 Å². The molecule has 0 bridgehead atoms. The Balaban J connectivity index is 0.00000210. The first kappa shape index (κ1) is 31.7. The summed E-state index contributed by atoms with van der Waals surface area (Å²) in [6, 6.07) is 25.0. The quantitative estimate of drug-likeness (QED) is 0.240. The first-order valence-electron chi connectivity index (χ1n) is 13.0. The Kier molecular flexibility index (Phi) is 9.40. The van der Waals surface area contributed by atoms with Crippen LogP contribution in [-0.4, -0.2) is 6.88 Å². The van der Waals surface area contributed by atoms with Gasteiger partial charge in [-0.2, -0.15) is 0 Å². The maximum atomic E-state index is 14.2. The van der Waals surface area contributed by atoms with E-state index in [4.69, 9.17) is 0 Å². The van der Waals surface area contributed by atoms with Crippen molar-refractivity contribution in [2.45, 2.75) is 32.3 Å². The van der Waals surface area contributed by atoms with Crippen molar-refractivity contribution in [3.63, 3.8) is 0 Å². The van der Waals surface area contributed by atoms with Crippen molar-refractivity contribution in [1.82, 2.24) is 0 Å². The Labute approximate surface area is 246 Å². The van der Waals surface area contributed by atoms with E-state index in [2.05, 4.69) is 81.7 Å². The van der Waals surface area contributed by atoms with Gasteiger partial charge in [-0.25, -0.2) is 0 Å². The van der Waals surface area contributed by atoms with Gasteiger partial charge in [-0.3, -0.25) is 0 Å². The van der Waals surface area contributed by atoms with Crippen molar-refractivity contribution in [1.29, 1.82) is 0 Å². The summed E-state index contributed by atoms with van der Waals surface area (Å²) in [6.45, 7) is 11.3. The van der Waals surface area contributed by atoms with Crippen LogP contribution in [0.25, 0.3) is 11.1 Å². The molecule has 0 fully saturated rings. The number of hydrogen-bond acceptors (Lipinski definition) is 0. The minimum Gasteiger partial charge on any atom is -0.147 e. The number of allylic oxidation sites excluding steroid dienone is 8. The Morgan fingerprint density at radius 3 is 1.44 bits per heavy atom. The largest absolute Gasteiger partial charge is 0.147 e. The van der Waals surface area contributed by atoms with Crippen LogP contribution in [0.3, 0.4) is 0 Å². The number of benzene rings is 3. The minimum absolute atomic E-state index is 0. The predicted octanol–water partition coefficient (Wildman–Crippen LogP) is 8.73.